The smallest absolute Gasteiger partial charge is 0.0412 e. The highest BCUT2D eigenvalue weighted by Gasteiger charge is 2.43. The lowest BCUT2D eigenvalue weighted by Crippen LogP contribution is -2.51. The molecule has 0 bridgehead atoms. The van der Waals surface area contributed by atoms with Gasteiger partial charge in [-0.2, -0.15) is 11.8 Å². The van der Waals surface area contributed by atoms with Crippen molar-refractivity contribution in [2.24, 2.45) is 5.92 Å². The number of thioether (sulfide) groups is 1. The quantitative estimate of drug-likeness (QED) is 0.835. The minimum Gasteiger partial charge on any atom is -0.369 e. The molecule has 0 spiro atoms. The van der Waals surface area contributed by atoms with E-state index in [0.29, 0.717) is 0 Å². The first kappa shape index (κ1) is 14.3. The molecular weight excluding hydrogens is 264 g/mol. The van der Waals surface area contributed by atoms with Crippen molar-refractivity contribution in [3.8, 4) is 0 Å². The van der Waals surface area contributed by atoms with Crippen LogP contribution < -0.4 is 10.2 Å². The van der Waals surface area contributed by atoms with Crippen molar-refractivity contribution < 1.29 is 0 Å². The van der Waals surface area contributed by atoms with Crippen molar-refractivity contribution in [2.45, 2.75) is 38.8 Å². The summed E-state index contributed by atoms with van der Waals surface area (Å²) in [5, 5.41) is 3.85. The van der Waals surface area contributed by atoms with Gasteiger partial charge in [-0.05, 0) is 43.1 Å². The molecule has 1 fully saturated rings. The van der Waals surface area contributed by atoms with Gasteiger partial charge in [-0.25, -0.2) is 0 Å². The molecule has 2 aliphatic rings. The van der Waals surface area contributed by atoms with Crippen molar-refractivity contribution in [1.29, 1.82) is 0 Å². The van der Waals surface area contributed by atoms with Crippen molar-refractivity contribution in [2.75, 3.05) is 29.5 Å². The first-order valence-electron chi connectivity index (χ1n) is 7.88. The monoisotopic (exact) mass is 290 g/mol. The fourth-order valence-corrected chi connectivity index (χ4v) is 3.95. The van der Waals surface area contributed by atoms with Crippen molar-refractivity contribution >= 4 is 17.4 Å². The van der Waals surface area contributed by atoms with Crippen LogP contribution in [0.4, 0.5) is 5.69 Å². The summed E-state index contributed by atoms with van der Waals surface area (Å²) in [4.78, 5) is 2.62. The van der Waals surface area contributed by atoms with Crippen LogP contribution >= 0.6 is 11.8 Å². The number of rotatable bonds is 5. The van der Waals surface area contributed by atoms with Gasteiger partial charge in [0.05, 0.1) is 0 Å². The lowest BCUT2D eigenvalue weighted by Gasteiger charge is -2.35. The van der Waals surface area contributed by atoms with Gasteiger partial charge in [-0.15, -0.1) is 0 Å². The second-order valence-corrected chi connectivity index (χ2v) is 7.69. The molecule has 2 nitrogen and oxygen atoms in total. The van der Waals surface area contributed by atoms with E-state index in [1.54, 1.807) is 0 Å². The number of fused-ring (bicyclic) bond motifs is 1. The van der Waals surface area contributed by atoms with E-state index in [2.05, 4.69) is 48.3 Å². The number of anilines is 1. The van der Waals surface area contributed by atoms with E-state index in [0.717, 1.165) is 19.0 Å². The molecule has 110 valence electrons. The first-order chi connectivity index (χ1) is 9.73. The topological polar surface area (TPSA) is 15.3 Å². The van der Waals surface area contributed by atoms with Crippen molar-refractivity contribution in [1.82, 2.24) is 5.32 Å². The summed E-state index contributed by atoms with van der Waals surface area (Å²) in [5.41, 5.74) is 3.19. The Balaban J connectivity index is 1.81. The molecule has 1 atom stereocenters. The highest BCUT2D eigenvalue weighted by Crippen LogP contribution is 2.42. The Bertz CT molecular complexity index is 458. The summed E-state index contributed by atoms with van der Waals surface area (Å²) in [6, 6.07) is 8.92. The minimum atomic E-state index is 0.288. The van der Waals surface area contributed by atoms with Crippen LogP contribution in [0.25, 0.3) is 0 Å². The third-order valence-electron chi connectivity index (χ3n) is 4.72. The molecule has 1 unspecified atom stereocenters. The molecule has 1 saturated carbocycles. The van der Waals surface area contributed by atoms with E-state index in [1.165, 1.54) is 42.1 Å². The second-order valence-electron chi connectivity index (χ2n) is 6.29. The van der Waals surface area contributed by atoms with Gasteiger partial charge in [0.2, 0.25) is 0 Å². The molecule has 0 saturated heterocycles. The zero-order chi connectivity index (χ0) is 14.0. The lowest BCUT2D eigenvalue weighted by atomic mass is 9.95. The van der Waals surface area contributed by atoms with Gasteiger partial charge in [-0.1, -0.05) is 25.1 Å². The Kier molecular flexibility index (Phi) is 4.27. The number of nitrogens with zero attached hydrogens (tertiary/aromatic N) is 1. The van der Waals surface area contributed by atoms with E-state index in [1.807, 2.05) is 11.8 Å². The van der Waals surface area contributed by atoms with E-state index in [9.17, 15) is 0 Å². The van der Waals surface area contributed by atoms with Gasteiger partial charge < -0.3 is 10.2 Å². The van der Waals surface area contributed by atoms with Gasteiger partial charge in [0.15, 0.2) is 0 Å². The van der Waals surface area contributed by atoms with Crippen molar-refractivity contribution in [3.63, 3.8) is 0 Å². The Hall–Kier alpha value is -0.670. The summed E-state index contributed by atoms with van der Waals surface area (Å²) >= 11 is 2.05. The average Bonchev–Trinajstić information content (AvgIpc) is 3.29. The summed E-state index contributed by atoms with van der Waals surface area (Å²) in [5.74, 6) is 3.32. The van der Waals surface area contributed by atoms with Crippen LogP contribution in [0.3, 0.4) is 0 Å². The Morgan fingerprint density at radius 2 is 2.15 bits per heavy atom. The summed E-state index contributed by atoms with van der Waals surface area (Å²) in [7, 11) is 0. The molecule has 0 aromatic heterocycles. The zero-order valence-corrected chi connectivity index (χ0v) is 13.5. The molecule has 1 heterocycles. The van der Waals surface area contributed by atoms with Crippen LogP contribution in [0.5, 0.6) is 0 Å². The minimum absolute atomic E-state index is 0.288. The number of nitrogens with one attached hydrogen (secondary N) is 1. The van der Waals surface area contributed by atoms with Crippen LogP contribution in [0.1, 0.15) is 32.3 Å². The molecule has 0 amide bonds. The van der Waals surface area contributed by atoms with Gasteiger partial charge in [0.25, 0.3) is 0 Å². The van der Waals surface area contributed by atoms with E-state index in [-0.39, 0.29) is 5.54 Å². The fourth-order valence-electron chi connectivity index (χ4n) is 3.32. The molecule has 1 aliphatic carbocycles. The molecule has 1 aromatic carbocycles. The molecule has 1 N–H and O–H groups in total. The molecule has 3 heteroatoms. The summed E-state index contributed by atoms with van der Waals surface area (Å²) in [6.45, 7) is 8.01. The maximum atomic E-state index is 3.85. The van der Waals surface area contributed by atoms with Gasteiger partial charge in [0, 0.05) is 36.6 Å². The first-order valence-corrected chi connectivity index (χ1v) is 9.04. The molecule has 0 radical (unpaired) electrons. The third kappa shape index (κ3) is 2.99. The normalized spacial score (nSPS) is 26.2. The molecular formula is C17H26N2S. The maximum Gasteiger partial charge on any atom is 0.0412 e. The predicted molar refractivity (Wildman–Crippen MR) is 89.6 cm³/mol. The zero-order valence-electron chi connectivity index (χ0n) is 12.7. The SMILES string of the molecule is CCSCCN1CC(C)(C2CC2)NCc2ccccc21. The summed E-state index contributed by atoms with van der Waals surface area (Å²) < 4.78 is 0. The third-order valence-corrected chi connectivity index (χ3v) is 5.60. The van der Waals surface area contributed by atoms with Crippen LogP contribution in [0, 0.1) is 5.92 Å². The fraction of sp³-hybridized carbons (Fsp3) is 0.647. The summed E-state index contributed by atoms with van der Waals surface area (Å²) in [6.07, 6.45) is 2.80. The van der Waals surface area contributed by atoms with Crippen LogP contribution in [-0.4, -0.2) is 30.1 Å². The van der Waals surface area contributed by atoms with Crippen LogP contribution in [0.2, 0.25) is 0 Å². The number of para-hydroxylation sites is 1. The Morgan fingerprint density at radius 3 is 2.90 bits per heavy atom. The van der Waals surface area contributed by atoms with Crippen LogP contribution in [-0.2, 0) is 6.54 Å². The predicted octanol–water partition coefficient (Wildman–Crippen LogP) is 3.52. The van der Waals surface area contributed by atoms with E-state index in [4.69, 9.17) is 0 Å². The van der Waals surface area contributed by atoms with Gasteiger partial charge in [0.1, 0.15) is 0 Å². The Morgan fingerprint density at radius 1 is 1.35 bits per heavy atom. The van der Waals surface area contributed by atoms with Gasteiger partial charge >= 0.3 is 0 Å². The lowest BCUT2D eigenvalue weighted by molar-refractivity contribution is 0.317. The standard InChI is InChI=1S/C17H26N2S/c1-3-20-11-10-19-13-17(2,15-8-9-15)18-12-14-6-4-5-7-16(14)19/h4-7,15,18H,3,8-13H2,1-2H3. The molecule has 1 aliphatic heterocycles. The number of hydrogen-bond donors (Lipinski definition) is 1. The number of hydrogen-bond acceptors (Lipinski definition) is 3. The maximum absolute atomic E-state index is 3.85. The van der Waals surface area contributed by atoms with E-state index >= 15 is 0 Å². The highest BCUT2D eigenvalue weighted by atomic mass is 32.2. The largest absolute Gasteiger partial charge is 0.369 e. The molecule has 1 aromatic rings. The van der Waals surface area contributed by atoms with Gasteiger partial charge in [-0.3, -0.25) is 0 Å². The van der Waals surface area contributed by atoms with Crippen molar-refractivity contribution in [3.05, 3.63) is 29.8 Å². The Labute approximate surface area is 127 Å². The molecule has 20 heavy (non-hydrogen) atoms. The van der Waals surface area contributed by atoms with Crippen LogP contribution in [0.15, 0.2) is 24.3 Å². The average molecular weight is 290 g/mol. The van der Waals surface area contributed by atoms with E-state index < -0.39 is 0 Å². The highest BCUT2D eigenvalue weighted by molar-refractivity contribution is 7.99. The second kappa shape index (κ2) is 5.98. The number of benzene rings is 1. The molecule has 3 rings (SSSR count).